The molecule has 0 aliphatic heterocycles. The summed E-state index contributed by atoms with van der Waals surface area (Å²) in [5.41, 5.74) is 0.573. The van der Waals surface area contributed by atoms with Crippen LogP contribution in [0.25, 0.3) is 0 Å². The fraction of sp³-hybridized carbons (Fsp3) is 0.364. The van der Waals surface area contributed by atoms with Crippen molar-refractivity contribution in [2.75, 3.05) is 21.3 Å². The highest BCUT2D eigenvalue weighted by Crippen LogP contribution is 2.33. The van der Waals surface area contributed by atoms with Gasteiger partial charge in [-0.15, -0.1) is 0 Å². The number of carbonyl (C=O) groups is 1. The molecule has 0 unspecified atom stereocenters. The van der Waals surface area contributed by atoms with E-state index in [1.165, 1.54) is 19.1 Å². The molecule has 0 heterocycles. The molecule has 1 aromatic rings. The van der Waals surface area contributed by atoms with E-state index in [2.05, 4.69) is 20.7 Å². The smallest absolute Gasteiger partial charge is 0.409 e. The molecule has 0 saturated carbocycles. The van der Waals surface area contributed by atoms with Crippen LogP contribution in [-0.2, 0) is 11.3 Å². The van der Waals surface area contributed by atoms with Gasteiger partial charge < -0.3 is 19.5 Å². The summed E-state index contributed by atoms with van der Waals surface area (Å²) in [6.45, 7) is 0.230. The number of hydrogen-bond donors (Lipinski definition) is 1. The number of hydrogen-bond acceptors (Lipinski definition) is 4. The molecular formula is C11H14BrNO4. The van der Waals surface area contributed by atoms with E-state index in [0.29, 0.717) is 15.8 Å². The summed E-state index contributed by atoms with van der Waals surface area (Å²) in [7, 11) is 4.42. The molecule has 0 saturated heterocycles. The lowest BCUT2D eigenvalue weighted by Gasteiger charge is -2.17. The van der Waals surface area contributed by atoms with Crippen molar-refractivity contribution in [3.63, 3.8) is 0 Å². The van der Waals surface area contributed by atoms with Crippen LogP contribution in [0.1, 0.15) is 5.56 Å². The number of phenols is 1. The number of amides is 1. The Balaban J connectivity index is 2.97. The number of nitrogens with zero attached hydrogens (tertiary/aromatic N) is 1. The van der Waals surface area contributed by atoms with E-state index in [-0.39, 0.29) is 12.3 Å². The van der Waals surface area contributed by atoms with Crippen molar-refractivity contribution in [1.29, 1.82) is 0 Å². The molecule has 1 aromatic carbocycles. The van der Waals surface area contributed by atoms with Gasteiger partial charge in [-0.25, -0.2) is 4.79 Å². The topological polar surface area (TPSA) is 59.0 Å². The van der Waals surface area contributed by atoms with Gasteiger partial charge in [-0.3, -0.25) is 0 Å². The van der Waals surface area contributed by atoms with Gasteiger partial charge >= 0.3 is 6.09 Å². The predicted octanol–water partition coefficient (Wildman–Crippen LogP) is 2.36. The van der Waals surface area contributed by atoms with Gasteiger partial charge in [0.25, 0.3) is 0 Å². The lowest BCUT2D eigenvalue weighted by Crippen LogP contribution is -2.25. The van der Waals surface area contributed by atoms with Crippen molar-refractivity contribution >= 4 is 22.0 Å². The quantitative estimate of drug-likeness (QED) is 0.931. The third-order valence-corrected chi connectivity index (χ3v) is 2.85. The molecule has 0 bridgehead atoms. The van der Waals surface area contributed by atoms with Crippen LogP contribution in [0, 0.1) is 0 Å². The average molecular weight is 304 g/mol. The summed E-state index contributed by atoms with van der Waals surface area (Å²) < 4.78 is 10.2. The highest BCUT2D eigenvalue weighted by atomic mass is 79.9. The van der Waals surface area contributed by atoms with Gasteiger partial charge in [0, 0.05) is 12.6 Å². The van der Waals surface area contributed by atoms with Crippen LogP contribution in [0.15, 0.2) is 16.6 Å². The lowest BCUT2D eigenvalue weighted by atomic mass is 10.2. The summed E-state index contributed by atoms with van der Waals surface area (Å²) in [6, 6.07) is 3.32. The Hall–Kier alpha value is -1.43. The number of carbonyl (C=O) groups excluding carboxylic acids is 1. The zero-order chi connectivity index (χ0) is 13.0. The summed E-state index contributed by atoms with van der Waals surface area (Å²) in [6.07, 6.45) is -0.469. The molecular weight excluding hydrogens is 290 g/mol. The first-order chi connectivity index (χ1) is 7.99. The third-order valence-electron chi connectivity index (χ3n) is 2.25. The Morgan fingerprint density at radius 1 is 1.47 bits per heavy atom. The standard InChI is InChI=1S/C11H14BrNO4/c1-13(11(15)17-3)6-7-4-8(16-2)5-9(12)10(7)14/h4-5,14H,6H2,1-3H3. The van der Waals surface area contributed by atoms with Gasteiger partial charge in [-0.2, -0.15) is 0 Å². The second kappa shape index (κ2) is 5.77. The average Bonchev–Trinajstić information content (AvgIpc) is 2.33. The van der Waals surface area contributed by atoms with E-state index >= 15 is 0 Å². The van der Waals surface area contributed by atoms with E-state index in [4.69, 9.17) is 4.74 Å². The Morgan fingerprint density at radius 2 is 2.12 bits per heavy atom. The van der Waals surface area contributed by atoms with Crippen molar-refractivity contribution < 1.29 is 19.4 Å². The highest BCUT2D eigenvalue weighted by Gasteiger charge is 2.14. The van der Waals surface area contributed by atoms with Crippen LogP contribution in [0.5, 0.6) is 11.5 Å². The number of aromatic hydroxyl groups is 1. The minimum atomic E-state index is -0.469. The van der Waals surface area contributed by atoms with E-state index in [1.807, 2.05) is 0 Å². The second-order valence-corrected chi connectivity index (χ2v) is 4.30. The molecule has 0 spiro atoms. The largest absolute Gasteiger partial charge is 0.506 e. The number of phenolic OH excluding ortho intramolecular Hbond substituents is 1. The molecule has 0 aromatic heterocycles. The maximum atomic E-state index is 11.2. The molecule has 6 heteroatoms. The molecule has 0 aliphatic carbocycles. The fourth-order valence-corrected chi connectivity index (χ4v) is 1.82. The first kappa shape index (κ1) is 13.6. The van der Waals surface area contributed by atoms with Crippen LogP contribution in [0.2, 0.25) is 0 Å². The number of halogens is 1. The summed E-state index contributed by atoms with van der Waals surface area (Å²) in [4.78, 5) is 12.6. The van der Waals surface area contributed by atoms with Crippen LogP contribution < -0.4 is 4.74 Å². The normalized spacial score (nSPS) is 9.88. The van der Waals surface area contributed by atoms with Crippen molar-refractivity contribution in [3.05, 3.63) is 22.2 Å². The maximum absolute atomic E-state index is 11.2. The van der Waals surface area contributed by atoms with Crippen molar-refractivity contribution in [3.8, 4) is 11.5 Å². The maximum Gasteiger partial charge on any atom is 0.409 e. The van der Waals surface area contributed by atoms with Crippen LogP contribution >= 0.6 is 15.9 Å². The third kappa shape index (κ3) is 3.26. The van der Waals surface area contributed by atoms with Gasteiger partial charge in [0.15, 0.2) is 0 Å². The van der Waals surface area contributed by atoms with E-state index in [0.717, 1.165) is 0 Å². The predicted molar refractivity (Wildman–Crippen MR) is 66.2 cm³/mol. The molecule has 0 radical (unpaired) electrons. The highest BCUT2D eigenvalue weighted by molar-refractivity contribution is 9.10. The zero-order valence-electron chi connectivity index (χ0n) is 9.86. The van der Waals surface area contributed by atoms with Gasteiger partial charge in [-0.1, -0.05) is 0 Å². The van der Waals surface area contributed by atoms with Crippen molar-refractivity contribution in [1.82, 2.24) is 4.90 Å². The molecule has 1 rings (SSSR count). The fourth-order valence-electron chi connectivity index (χ4n) is 1.34. The minimum Gasteiger partial charge on any atom is -0.506 e. The molecule has 0 atom stereocenters. The molecule has 1 amide bonds. The van der Waals surface area contributed by atoms with Crippen LogP contribution in [-0.4, -0.2) is 37.4 Å². The molecule has 1 N–H and O–H groups in total. The van der Waals surface area contributed by atoms with Gasteiger partial charge in [-0.05, 0) is 28.1 Å². The monoisotopic (exact) mass is 303 g/mol. The Labute approximate surface area is 108 Å². The number of ether oxygens (including phenoxy) is 2. The Bertz CT molecular complexity index is 422. The SMILES string of the molecule is COC(=O)N(C)Cc1cc(OC)cc(Br)c1O. The molecule has 94 valence electrons. The minimum absolute atomic E-state index is 0.0848. The molecule has 5 nitrogen and oxygen atoms in total. The second-order valence-electron chi connectivity index (χ2n) is 3.44. The van der Waals surface area contributed by atoms with E-state index < -0.39 is 6.09 Å². The Kier molecular flexibility index (Phi) is 4.62. The summed E-state index contributed by atoms with van der Waals surface area (Å²) >= 11 is 3.22. The summed E-state index contributed by atoms with van der Waals surface area (Å²) in [5.74, 6) is 0.685. The van der Waals surface area contributed by atoms with Crippen molar-refractivity contribution in [2.45, 2.75) is 6.54 Å². The number of methoxy groups -OCH3 is 2. The first-order valence-electron chi connectivity index (χ1n) is 4.84. The van der Waals surface area contributed by atoms with E-state index in [9.17, 15) is 9.90 Å². The van der Waals surface area contributed by atoms with Crippen LogP contribution in [0.3, 0.4) is 0 Å². The van der Waals surface area contributed by atoms with Gasteiger partial charge in [0.05, 0.1) is 25.2 Å². The molecule has 17 heavy (non-hydrogen) atoms. The van der Waals surface area contributed by atoms with Gasteiger partial charge in [0.1, 0.15) is 11.5 Å². The molecule has 0 aliphatic rings. The Morgan fingerprint density at radius 3 is 2.65 bits per heavy atom. The lowest BCUT2D eigenvalue weighted by molar-refractivity contribution is 0.131. The van der Waals surface area contributed by atoms with Crippen molar-refractivity contribution in [2.24, 2.45) is 0 Å². The molecule has 0 fully saturated rings. The van der Waals surface area contributed by atoms with Crippen LogP contribution in [0.4, 0.5) is 4.79 Å². The number of benzene rings is 1. The zero-order valence-corrected chi connectivity index (χ0v) is 11.4. The first-order valence-corrected chi connectivity index (χ1v) is 5.63. The van der Waals surface area contributed by atoms with E-state index in [1.54, 1.807) is 19.2 Å². The number of rotatable bonds is 3. The van der Waals surface area contributed by atoms with Gasteiger partial charge in [0.2, 0.25) is 0 Å². The summed E-state index contributed by atoms with van der Waals surface area (Å²) in [5, 5.41) is 9.84.